The Hall–Kier alpha value is -2.50. The van der Waals surface area contributed by atoms with Crippen LogP contribution in [0.1, 0.15) is 12.5 Å². The highest BCUT2D eigenvalue weighted by Gasteiger charge is 2.10. The van der Waals surface area contributed by atoms with Crippen molar-refractivity contribution >= 4 is 11.6 Å². The lowest BCUT2D eigenvalue weighted by atomic mass is 10.1. The first-order valence-corrected chi connectivity index (χ1v) is 6.42. The molecule has 6 heteroatoms. The largest absolute Gasteiger partial charge is 0.494 e. The molecule has 21 heavy (non-hydrogen) atoms. The molecule has 0 atom stereocenters. The zero-order valence-electron chi connectivity index (χ0n) is 11.4. The smallest absolute Gasteiger partial charge is 0.239 e. The van der Waals surface area contributed by atoms with Gasteiger partial charge in [0.15, 0.2) is 0 Å². The molecule has 0 aliphatic heterocycles. The second-order valence-corrected chi connectivity index (χ2v) is 4.27. The molecule has 0 bridgehead atoms. The van der Waals surface area contributed by atoms with Crippen molar-refractivity contribution in [1.82, 2.24) is 4.98 Å². The first kappa shape index (κ1) is 14.9. The summed E-state index contributed by atoms with van der Waals surface area (Å²) in [5, 5.41) is 2.35. The minimum absolute atomic E-state index is 0.0726. The number of hydrogen-bond acceptors (Lipinski definition) is 3. The number of ether oxygens (including phenoxy) is 1. The number of aromatic nitrogens is 1. The van der Waals surface area contributed by atoms with Crippen LogP contribution >= 0.6 is 0 Å². The third kappa shape index (κ3) is 4.24. The Morgan fingerprint density at radius 1 is 1.19 bits per heavy atom. The molecule has 0 radical (unpaired) electrons. The number of carbonyl (C=O) groups is 1. The van der Waals surface area contributed by atoms with Gasteiger partial charge in [-0.05, 0) is 36.8 Å². The average Bonchev–Trinajstić information content (AvgIpc) is 2.44. The van der Waals surface area contributed by atoms with E-state index in [1.807, 2.05) is 6.92 Å². The molecule has 0 saturated carbocycles. The lowest BCUT2D eigenvalue weighted by Gasteiger charge is -2.07. The summed E-state index contributed by atoms with van der Waals surface area (Å²) in [7, 11) is 0. The van der Waals surface area contributed by atoms with Crippen molar-refractivity contribution in [3.8, 4) is 5.75 Å². The van der Waals surface area contributed by atoms with Gasteiger partial charge in [0.1, 0.15) is 5.75 Å². The number of amides is 1. The van der Waals surface area contributed by atoms with E-state index in [0.717, 1.165) is 23.4 Å². The Morgan fingerprint density at radius 2 is 1.90 bits per heavy atom. The van der Waals surface area contributed by atoms with Crippen LogP contribution in [-0.4, -0.2) is 17.5 Å². The maximum Gasteiger partial charge on any atom is 0.239 e. The van der Waals surface area contributed by atoms with Gasteiger partial charge in [0.05, 0.1) is 18.7 Å². The fraction of sp³-hybridized carbons (Fsp3) is 0.200. The number of halogens is 2. The Bertz CT molecular complexity index is 630. The van der Waals surface area contributed by atoms with Gasteiger partial charge in [-0.25, -0.2) is 0 Å². The summed E-state index contributed by atoms with van der Waals surface area (Å²) in [4.78, 5) is 14.8. The van der Waals surface area contributed by atoms with Crippen molar-refractivity contribution in [1.29, 1.82) is 0 Å². The molecular formula is C15H14F2N2O2. The van der Waals surface area contributed by atoms with E-state index in [4.69, 9.17) is 4.74 Å². The fourth-order valence-corrected chi connectivity index (χ4v) is 1.76. The van der Waals surface area contributed by atoms with Crippen LogP contribution in [0.25, 0.3) is 0 Å². The molecule has 0 saturated heterocycles. The molecule has 0 aliphatic rings. The highest BCUT2D eigenvalue weighted by atomic mass is 19.1. The molecule has 1 aromatic carbocycles. The Kier molecular flexibility index (Phi) is 4.81. The summed E-state index contributed by atoms with van der Waals surface area (Å²) >= 11 is 0. The van der Waals surface area contributed by atoms with Crippen LogP contribution in [-0.2, 0) is 11.2 Å². The minimum atomic E-state index is -1.05. The molecule has 110 valence electrons. The normalized spacial score (nSPS) is 10.2. The monoisotopic (exact) mass is 292 g/mol. The van der Waals surface area contributed by atoms with E-state index >= 15 is 0 Å². The van der Waals surface area contributed by atoms with Crippen LogP contribution in [0.3, 0.4) is 0 Å². The highest BCUT2D eigenvalue weighted by Crippen LogP contribution is 2.15. The van der Waals surface area contributed by atoms with Gasteiger partial charge in [-0.2, -0.15) is 13.8 Å². The molecular weight excluding hydrogens is 278 g/mol. The average molecular weight is 292 g/mol. The molecule has 1 heterocycles. The molecule has 1 amide bonds. The number of anilines is 1. The van der Waals surface area contributed by atoms with E-state index in [1.165, 1.54) is 0 Å². The molecule has 1 aromatic heterocycles. The molecule has 2 rings (SSSR count). The lowest BCUT2D eigenvalue weighted by Crippen LogP contribution is -2.16. The highest BCUT2D eigenvalue weighted by molar-refractivity contribution is 5.92. The van der Waals surface area contributed by atoms with Crippen LogP contribution in [0.2, 0.25) is 0 Å². The van der Waals surface area contributed by atoms with Gasteiger partial charge in [-0.3, -0.25) is 4.79 Å². The quantitative estimate of drug-likeness (QED) is 0.862. The van der Waals surface area contributed by atoms with Crippen LogP contribution in [0, 0.1) is 11.9 Å². The summed E-state index contributed by atoms with van der Waals surface area (Å²) in [5.74, 6) is -1.67. The summed E-state index contributed by atoms with van der Waals surface area (Å²) in [6.07, 6.45) is 0.0726. The minimum Gasteiger partial charge on any atom is -0.494 e. The number of pyridine rings is 1. The summed E-state index contributed by atoms with van der Waals surface area (Å²) in [6, 6.07) is 9.13. The number of nitrogens with zero attached hydrogens (tertiary/aromatic N) is 1. The van der Waals surface area contributed by atoms with Crippen molar-refractivity contribution in [2.24, 2.45) is 0 Å². The Balaban J connectivity index is 1.98. The molecule has 0 aliphatic carbocycles. The lowest BCUT2D eigenvalue weighted by molar-refractivity contribution is -0.115. The second-order valence-electron chi connectivity index (χ2n) is 4.27. The van der Waals surface area contributed by atoms with E-state index in [0.29, 0.717) is 6.61 Å². The molecule has 0 unspecified atom stereocenters. The van der Waals surface area contributed by atoms with Gasteiger partial charge in [0.2, 0.25) is 17.8 Å². The predicted octanol–water partition coefficient (Wildman–Crippen LogP) is 2.94. The SMILES string of the molecule is CCOc1ccc(CC(=O)Nc2ccc(F)nc2F)cc1. The molecule has 2 aromatic rings. The molecule has 0 fully saturated rings. The number of benzene rings is 1. The third-order valence-electron chi connectivity index (χ3n) is 2.69. The Labute approximate surface area is 120 Å². The van der Waals surface area contributed by atoms with Gasteiger partial charge >= 0.3 is 0 Å². The summed E-state index contributed by atoms with van der Waals surface area (Å²) in [5.41, 5.74) is 0.610. The van der Waals surface area contributed by atoms with Crippen molar-refractivity contribution < 1.29 is 18.3 Å². The van der Waals surface area contributed by atoms with E-state index in [-0.39, 0.29) is 12.1 Å². The third-order valence-corrected chi connectivity index (χ3v) is 2.69. The van der Waals surface area contributed by atoms with Crippen molar-refractivity contribution in [3.63, 3.8) is 0 Å². The first-order valence-electron chi connectivity index (χ1n) is 6.42. The number of hydrogen-bond donors (Lipinski definition) is 1. The Morgan fingerprint density at radius 3 is 2.52 bits per heavy atom. The van der Waals surface area contributed by atoms with E-state index in [1.54, 1.807) is 24.3 Å². The van der Waals surface area contributed by atoms with Gasteiger partial charge in [-0.1, -0.05) is 12.1 Å². The zero-order valence-corrected chi connectivity index (χ0v) is 11.4. The second kappa shape index (κ2) is 6.78. The van der Waals surface area contributed by atoms with E-state index in [9.17, 15) is 13.6 Å². The first-order chi connectivity index (χ1) is 10.1. The standard InChI is InChI=1S/C15H14F2N2O2/c1-2-21-11-5-3-10(4-6-11)9-14(20)18-12-7-8-13(16)19-15(12)17/h3-8H,2,9H2,1H3,(H,18,20). The van der Waals surface area contributed by atoms with Crippen molar-refractivity contribution in [3.05, 3.63) is 53.9 Å². The van der Waals surface area contributed by atoms with Gasteiger partial charge in [-0.15, -0.1) is 0 Å². The number of carbonyl (C=O) groups excluding carboxylic acids is 1. The van der Waals surface area contributed by atoms with Gasteiger partial charge in [0.25, 0.3) is 0 Å². The molecule has 4 nitrogen and oxygen atoms in total. The maximum atomic E-state index is 13.3. The predicted molar refractivity (Wildman–Crippen MR) is 74.1 cm³/mol. The fourth-order valence-electron chi connectivity index (χ4n) is 1.76. The van der Waals surface area contributed by atoms with Gasteiger partial charge in [0, 0.05) is 0 Å². The van der Waals surface area contributed by atoms with E-state index < -0.39 is 17.8 Å². The summed E-state index contributed by atoms with van der Waals surface area (Å²) < 4.78 is 31.3. The van der Waals surface area contributed by atoms with Crippen molar-refractivity contribution in [2.75, 3.05) is 11.9 Å². The number of nitrogens with one attached hydrogen (secondary N) is 1. The summed E-state index contributed by atoms with van der Waals surface area (Å²) in [6.45, 7) is 2.45. The van der Waals surface area contributed by atoms with E-state index in [2.05, 4.69) is 10.3 Å². The van der Waals surface area contributed by atoms with Gasteiger partial charge < -0.3 is 10.1 Å². The number of rotatable bonds is 5. The maximum absolute atomic E-state index is 13.3. The van der Waals surface area contributed by atoms with Crippen LogP contribution in [0.5, 0.6) is 5.75 Å². The van der Waals surface area contributed by atoms with Crippen LogP contribution < -0.4 is 10.1 Å². The topological polar surface area (TPSA) is 51.2 Å². The van der Waals surface area contributed by atoms with Crippen molar-refractivity contribution in [2.45, 2.75) is 13.3 Å². The molecule has 1 N–H and O–H groups in total. The zero-order chi connectivity index (χ0) is 15.2. The molecule has 0 spiro atoms. The van der Waals surface area contributed by atoms with Crippen LogP contribution in [0.15, 0.2) is 36.4 Å². The van der Waals surface area contributed by atoms with Crippen LogP contribution in [0.4, 0.5) is 14.5 Å².